The van der Waals surface area contributed by atoms with E-state index in [1.54, 1.807) is 40.4 Å². The Morgan fingerprint density at radius 3 is 2.49 bits per heavy atom. The minimum atomic E-state index is -4.60. The molecular weight excluding hydrogens is 485 g/mol. The molecule has 0 saturated carbocycles. The average Bonchev–Trinajstić information content (AvgIpc) is 3.17. The van der Waals surface area contributed by atoms with Crippen molar-refractivity contribution in [3.05, 3.63) is 66.0 Å². The summed E-state index contributed by atoms with van der Waals surface area (Å²) in [5, 5.41) is 0.273. The van der Waals surface area contributed by atoms with Gasteiger partial charge in [0.2, 0.25) is 0 Å². The van der Waals surface area contributed by atoms with E-state index in [0.717, 1.165) is 31.4 Å². The fourth-order valence-corrected chi connectivity index (χ4v) is 4.95. The summed E-state index contributed by atoms with van der Waals surface area (Å²) < 4.78 is 43.5. The Labute approximate surface area is 211 Å². The van der Waals surface area contributed by atoms with Crippen LogP contribution < -0.4 is 10.9 Å². The Morgan fingerprint density at radius 1 is 1.00 bits per heavy atom. The van der Waals surface area contributed by atoms with E-state index in [9.17, 15) is 22.8 Å². The molecule has 4 heterocycles. The molecular formula is C26H27F3N6O2. The lowest BCUT2D eigenvalue weighted by Crippen LogP contribution is -2.45. The van der Waals surface area contributed by atoms with E-state index < -0.39 is 17.6 Å². The highest BCUT2D eigenvalue weighted by molar-refractivity contribution is 6.22. The van der Waals surface area contributed by atoms with Gasteiger partial charge >= 0.3 is 12.2 Å². The molecule has 1 saturated heterocycles. The van der Waals surface area contributed by atoms with E-state index in [1.165, 1.54) is 0 Å². The molecule has 0 aliphatic carbocycles. The number of carbonyl (C=O) groups is 2. The van der Waals surface area contributed by atoms with Crippen molar-refractivity contribution in [1.29, 1.82) is 0 Å². The minimum absolute atomic E-state index is 0.0132. The van der Waals surface area contributed by atoms with Crippen molar-refractivity contribution in [2.24, 2.45) is 0 Å². The summed E-state index contributed by atoms with van der Waals surface area (Å²) in [5.74, 6) is -0.191. The third kappa shape index (κ3) is 4.98. The molecule has 8 nitrogen and oxygen atoms in total. The van der Waals surface area contributed by atoms with Gasteiger partial charge in [-0.05, 0) is 49.1 Å². The maximum absolute atomic E-state index is 13.9. The number of nitrogens with one attached hydrogen (secondary N) is 2. The number of amides is 3. The van der Waals surface area contributed by atoms with Gasteiger partial charge in [-0.1, -0.05) is 12.6 Å². The topological polar surface area (TPSA) is 82.5 Å². The van der Waals surface area contributed by atoms with Crippen molar-refractivity contribution in [2.45, 2.75) is 38.5 Å². The number of hydrazine groups is 1. The van der Waals surface area contributed by atoms with Crippen LogP contribution in [0.25, 0.3) is 16.5 Å². The first-order valence-electron chi connectivity index (χ1n) is 12.2. The Bertz CT molecular complexity index is 1350. The van der Waals surface area contributed by atoms with Gasteiger partial charge in [0.25, 0.3) is 5.91 Å². The molecule has 37 heavy (non-hydrogen) atoms. The van der Waals surface area contributed by atoms with Gasteiger partial charge in [0.05, 0.1) is 11.1 Å². The molecule has 0 bridgehead atoms. The molecule has 0 atom stereocenters. The van der Waals surface area contributed by atoms with Crippen LogP contribution in [-0.4, -0.2) is 50.9 Å². The number of urea groups is 1. The van der Waals surface area contributed by atoms with Crippen molar-refractivity contribution in [1.82, 2.24) is 24.8 Å². The molecule has 1 fully saturated rings. The van der Waals surface area contributed by atoms with Crippen molar-refractivity contribution < 1.29 is 22.8 Å². The van der Waals surface area contributed by atoms with E-state index in [4.69, 9.17) is 0 Å². The van der Waals surface area contributed by atoms with Gasteiger partial charge in [-0.2, -0.15) is 13.2 Å². The van der Waals surface area contributed by atoms with Crippen LogP contribution >= 0.6 is 0 Å². The Balaban J connectivity index is 1.48. The monoisotopic (exact) mass is 512 g/mol. The molecule has 11 heteroatoms. The second kappa shape index (κ2) is 9.79. The number of alkyl halides is 3. The summed E-state index contributed by atoms with van der Waals surface area (Å²) in [7, 11) is 0. The summed E-state index contributed by atoms with van der Waals surface area (Å²) in [5.41, 5.74) is 5.62. The van der Waals surface area contributed by atoms with Crippen LogP contribution in [0.1, 0.15) is 36.0 Å². The quantitative estimate of drug-likeness (QED) is 0.395. The maximum Gasteiger partial charge on any atom is 0.416 e. The Kier molecular flexibility index (Phi) is 6.53. The van der Waals surface area contributed by atoms with Gasteiger partial charge < -0.3 is 14.4 Å². The number of hydrogen-bond acceptors (Lipinski definition) is 4. The van der Waals surface area contributed by atoms with Crippen LogP contribution in [-0.2, 0) is 24.1 Å². The number of halogens is 3. The predicted molar refractivity (Wildman–Crippen MR) is 133 cm³/mol. The van der Waals surface area contributed by atoms with E-state index in [-0.39, 0.29) is 23.5 Å². The average molecular weight is 513 g/mol. The lowest BCUT2D eigenvalue weighted by atomic mass is 10.00. The molecule has 2 N–H and O–H groups in total. The number of benzene rings is 1. The summed E-state index contributed by atoms with van der Waals surface area (Å²) in [6.07, 6.45) is 1.52. The number of rotatable bonds is 4. The van der Waals surface area contributed by atoms with Gasteiger partial charge in [-0.3, -0.25) is 15.6 Å². The number of hydrogen-bond donors (Lipinski definition) is 2. The van der Waals surface area contributed by atoms with Gasteiger partial charge in [0, 0.05) is 61.6 Å². The number of pyridine rings is 1. The summed E-state index contributed by atoms with van der Waals surface area (Å²) in [6, 6.07) is 7.12. The first-order chi connectivity index (χ1) is 17.7. The maximum atomic E-state index is 13.9. The van der Waals surface area contributed by atoms with E-state index in [1.807, 2.05) is 4.57 Å². The van der Waals surface area contributed by atoms with Gasteiger partial charge in [0.1, 0.15) is 5.82 Å². The van der Waals surface area contributed by atoms with Crippen LogP contribution in [0, 0.1) is 0 Å². The molecule has 3 amide bonds. The molecule has 194 valence electrons. The van der Waals surface area contributed by atoms with Gasteiger partial charge in [-0.15, -0.1) is 0 Å². The SMILES string of the molecule is C=C(C(=O)NNc1ccccn1)c1cn2c3c(cc(C(F)(F)F)cc13)CN(C(=O)N1CCCCC1)CC2. The zero-order valence-corrected chi connectivity index (χ0v) is 20.1. The third-order valence-corrected chi connectivity index (χ3v) is 6.82. The number of nitrogens with zero attached hydrogens (tertiary/aromatic N) is 4. The largest absolute Gasteiger partial charge is 0.416 e. The van der Waals surface area contributed by atoms with Crippen molar-refractivity contribution >= 4 is 34.2 Å². The normalized spacial score (nSPS) is 15.9. The minimum Gasteiger partial charge on any atom is -0.345 e. The first kappa shape index (κ1) is 24.7. The summed E-state index contributed by atoms with van der Waals surface area (Å²) in [6.45, 7) is 5.96. The molecule has 2 aliphatic heterocycles. The van der Waals surface area contributed by atoms with E-state index >= 15 is 0 Å². The number of likely N-dealkylation sites (tertiary alicyclic amines) is 1. The van der Waals surface area contributed by atoms with Crippen LogP contribution in [0.5, 0.6) is 0 Å². The number of carbonyl (C=O) groups excluding carboxylic acids is 2. The molecule has 0 spiro atoms. The van der Waals surface area contributed by atoms with Gasteiger partial charge in [-0.25, -0.2) is 9.78 Å². The van der Waals surface area contributed by atoms with Crippen molar-refractivity contribution in [2.75, 3.05) is 25.1 Å². The second-order valence-electron chi connectivity index (χ2n) is 9.29. The zero-order chi connectivity index (χ0) is 26.2. The number of aromatic nitrogens is 2. The van der Waals surface area contributed by atoms with E-state index in [2.05, 4.69) is 22.4 Å². The molecule has 3 aromatic rings. The van der Waals surface area contributed by atoms with Crippen LogP contribution in [0.2, 0.25) is 0 Å². The molecule has 2 aliphatic rings. The Morgan fingerprint density at radius 2 is 1.78 bits per heavy atom. The first-order valence-corrected chi connectivity index (χ1v) is 12.2. The third-order valence-electron chi connectivity index (χ3n) is 6.82. The molecule has 1 aromatic carbocycles. The zero-order valence-electron chi connectivity index (χ0n) is 20.1. The highest BCUT2D eigenvalue weighted by atomic mass is 19.4. The highest BCUT2D eigenvalue weighted by Gasteiger charge is 2.34. The van der Waals surface area contributed by atoms with Crippen LogP contribution in [0.15, 0.2) is 49.3 Å². The fraction of sp³-hybridized carbons (Fsp3) is 0.346. The van der Waals surface area contributed by atoms with Gasteiger partial charge in [0.15, 0.2) is 0 Å². The number of piperidine rings is 1. The highest BCUT2D eigenvalue weighted by Crippen LogP contribution is 2.38. The molecule has 5 rings (SSSR count). The smallest absolute Gasteiger partial charge is 0.345 e. The lowest BCUT2D eigenvalue weighted by Gasteiger charge is -2.32. The van der Waals surface area contributed by atoms with Crippen LogP contribution in [0.3, 0.4) is 0 Å². The Hall–Kier alpha value is -4.02. The summed E-state index contributed by atoms with van der Waals surface area (Å²) in [4.78, 5) is 33.5. The summed E-state index contributed by atoms with van der Waals surface area (Å²) >= 11 is 0. The molecule has 2 aromatic heterocycles. The predicted octanol–water partition coefficient (Wildman–Crippen LogP) is 4.63. The molecule has 0 radical (unpaired) electrons. The van der Waals surface area contributed by atoms with Crippen LogP contribution in [0.4, 0.5) is 23.8 Å². The van der Waals surface area contributed by atoms with E-state index in [0.29, 0.717) is 48.6 Å². The molecule has 0 unspecified atom stereocenters. The lowest BCUT2D eigenvalue weighted by molar-refractivity contribution is -0.137. The van der Waals surface area contributed by atoms with Crippen molar-refractivity contribution in [3.8, 4) is 0 Å². The fourth-order valence-electron chi connectivity index (χ4n) is 4.95. The second-order valence-corrected chi connectivity index (χ2v) is 9.29. The number of anilines is 1. The standard InChI is InChI=1S/C26H27F3N6O2/c1-17(24(36)32-31-22-7-3-4-8-30-22)21-16-34-11-12-35(25(37)33-9-5-2-6-10-33)15-18-13-19(26(27,28)29)14-20(21)23(18)34/h3-4,7-8,13-14,16H,1-2,5-6,9-12,15H2,(H,30,31)(H,32,36). The van der Waals surface area contributed by atoms with Crippen molar-refractivity contribution in [3.63, 3.8) is 0 Å².